The van der Waals surface area contributed by atoms with Gasteiger partial charge in [0.25, 0.3) is 5.91 Å². The summed E-state index contributed by atoms with van der Waals surface area (Å²) in [5, 5.41) is 3.25. The molecule has 0 unspecified atom stereocenters. The third-order valence-electron chi connectivity index (χ3n) is 5.08. The largest absolute Gasteiger partial charge is 0.495 e. The molecular weight excluding hydrogens is 432 g/mol. The fourth-order valence-electron chi connectivity index (χ4n) is 3.75. The molecular formula is C22H20N4O5S. The molecule has 1 aromatic heterocycles. The summed E-state index contributed by atoms with van der Waals surface area (Å²) >= 11 is 1.14. The Hall–Kier alpha value is -3.92. The Balaban J connectivity index is 1.86. The number of carbonyl (C=O) groups excluding carboxylic acids is 3. The molecule has 2 aromatic carbocycles. The van der Waals surface area contributed by atoms with Gasteiger partial charge in [-0.05, 0) is 6.07 Å². The molecule has 0 atom stereocenters. The van der Waals surface area contributed by atoms with E-state index in [-0.39, 0.29) is 59.1 Å². The molecule has 0 spiro atoms. The summed E-state index contributed by atoms with van der Waals surface area (Å²) in [7, 11) is 2.85. The van der Waals surface area contributed by atoms with Crippen LogP contribution in [0.3, 0.4) is 0 Å². The predicted octanol–water partition coefficient (Wildman–Crippen LogP) is 1.70. The van der Waals surface area contributed by atoms with Crippen molar-refractivity contribution in [2.24, 2.45) is 16.5 Å². The van der Waals surface area contributed by atoms with Gasteiger partial charge in [-0.25, -0.2) is 0 Å². The highest BCUT2D eigenvalue weighted by atomic mass is 32.1. The molecule has 0 bridgehead atoms. The van der Waals surface area contributed by atoms with E-state index in [1.54, 1.807) is 30.3 Å². The van der Waals surface area contributed by atoms with Gasteiger partial charge in [0, 0.05) is 23.1 Å². The first-order valence-electron chi connectivity index (χ1n) is 9.62. The first kappa shape index (κ1) is 21.3. The first-order chi connectivity index (χ1) is 15.4. The fraction of sp³-hybridized carbons (Fsp3) is 0.182. The molecule has 1 heterocycles. The quantitative estimate of drug-likeness (QED) is 0.229. The molecule has 32 heavy (non-hydrogen) atoms. The van der Waals surface area contributed by atoms with Crippen LogP contribution in [0.1, 0.15) is 41.5 Å². The normalized spacial score (nSPS) is 12.2. The summed E-state index contributed by atoms with van der Waals surface area (Å²) in [5.74, 6) is -0.588. The topological polar surface area (TPSA) is 146 Å². The Morgan fingerprint density at radius 3 is 2.19 bits per heavy atom. The lowest BCUT2D eigenvalue weighted by atomic mass is 9.82. The van der Waals surface area contributed by atoms with Crippen LogP contribution < -0.4 is 26.3 Å². The number of carbonyl (C=O) groups is 3. The van der Waals surface area contributed by atoms with Crippen LogP contribution in [0.4, 0.5) is 0 Å². The molecule has 1 aliphatic carbocycles. The second kappa shape index (κ2) is 8.31. The highest BCUT2D eigenvalue weighted by molar-refractivity contribution is 7.21. The van der Waals surface area contributed by atoms with Crippen molar-refractivity contribution >= 4 is 44.9 Å². The van der Waals surface area contributed by atoms with Crippen molar-refractivity contribution in [3.05, 3.63) is 57.5 Å². The number of benzene rings is 2. The number of amides is 1. The molecule has 0 aliphatic heterocycles. The fourth-order valence-corrected chi connectivity index (χ4v) is 4.85. The number of nitrogens with zero attached hydrogens (tertiary/aromatic N) is 1. The van der Waals surface area contributed by atoms with Gasteiger partial charge in [-0.3, -0.25) is 19.4 Å². The molecule has 9 nitrogen and oxygen atoms in total. The molecule has 0 saturated carbocycles. The number of nitrogens with one attached hydrogen (secondary N) is 1. The molecule has 164 valence electrons. The summed E-state index contributed by atoms with van der Waals surface area (Å²) < 4.78 is 11.7. The van der Waals surface area contributed by atoms with Crippen LogP contribution in [0.25, 0.3) is 10.1 Å². The summed E-state index contributed by atoms with van der Waals surface area (Å²) in [6.07, 6.45) is 0. The van der Waals surface area contributed by atoms with Crippen LogP contribution in [0.15, 0.2) is 35.3 Å². The number of aliphatic imine (C=N–C) groups is 1. The van der Waals surface area contributed by atoms with E-state index in [4.69, 9.17) is 20.9 Å². The summed E-state index contributed by atoms with van der Waals surface area (Å²) in [6.45, 7) is 0.475. The molecule has 5 N–H and O–H groups in total. The summed E-state index contributed by atoms with van der Waals surface area (Å²) in [4.78, 5) is 43.5. The van der Waals surface area contributed by atoms with Gasteiger partial charge in [0.05, 0.1) is 41.5 Å². The second-order valence-corrected chi connectivity index (χ2v) is 7.99. The zero-order valence-corrected chi connectivity index (χ0v) is 18.2. The smallest absolute Gasteiger partial charge is 0.261 e. The maximum Gasteiger partial charge on any atom is 0.261 e. The van der Waals surface area contributed by atoms with Crippen molar-refractivity contribution in [3.8, 4) is 11.5 Å². The molecule has 0 fully saturated rings. The SMILES string of the molecule is COc1c2c(c(OC)c3sc(C(=O)NCCN=C(N)N)cc13)C(=O)c1ccccc1C2=O. The first-order valence-corrected chi connectivity index (χ1v) is 10.4. The van der Waals surface area contributed by atoms with Crippen LogP contribution in [0.2, 0.25) is 0 Å². The average Bonchev–Trinajstić information content (AvgIpc) is 3.23. The third kappa shape index (κ3) is 3.34. The molecule has 3 aromatic rings. The number of ketones is 2. The van der Waals surface area contributed by atoms with E-state index in [0.717, 1.165) is 11.3 Å². The number of thiophene rings is 1. The Morgan fingerprint density at radius 1 is 1.03 bits per heavy atom. The zero-order chi connectivity index (χ0) is 23.0. The van der Waals surface area contributed by atoms with Crippen LogP contribution in [0.5, 0.6) is 11.5 Å². The van der Waals surface area contributed by atoms with Crippen molar-refractivity contribution in [2.45, 2.75) is 0 Å². The molecule has 10 heteroatoms. The summed E-state index contributed by atoms with van der Waals surface area (Å²) in [5.41, 5.74) is 11.5. The van der Waals surface area contributed by atoms with Gasteiger partial charge in [0.2, 0.25) is 0 Å². The number of rotatable bonds is 6. The van der Waals surface area contributed by atoms with E-state index >= 15 is 0 Å². The van der Waals surface area contributed by atoms with Crippen molar-refractivity contribution in [1.82, 2.24) is 5.32 Å². The zero-order valence-electron chi connectivity index (χ0n) is 17.4. The average molecular weight is 452 g/mol. The number of hydrogen-bond acceptors (Lipinski definition) is 7. The molecule has 0 saturated heterocycles. The summed E-state index contributed by atoms with van der Waals surface area (Å²) in [6, 6.07) is 8.24. The Kier molecular flexibility index (Phi) is 5.54. The van der Waals surface area contributed by atoms with E-state index in [9.17, 15) is 14.4 Å². The Labute approximate surface area is 187 Å². The number of guanidine groups is 1. The standard InChI is InChI=1S/C22H20N4O5S/c1-30-18-12-9-13(21(29)25-7-8-26-22(23)24)32-20(12)19(31-2)15-14(18)16(27)10-5-3-4-6-11(10)17(15)28/h3-6,9H,7-8H2,1-2H3,(H,25,29)(H4,23,24,26). The van der Waals surface area contributed by atoms with Crippen LogP contribution >= 0.6 is 11.3 Å². The molecule has 0 radical (unpaired) electrons. The minimum absolute atomic E-state index is 0.0588. The highest BCUT2D eigenvalue weighted by Gasteiger charge is 2.37. The van der Waals surface area contributed by atoms with E-state index < -0.39 is 0 Å². The van der Waals surface area contributed by atoms with Gasteiger partial charge < -0.3 is 26.3 Å². The minimum atomic E-state index is -0.347. The lowest BCUT2D eigenvalue weighted by Gasteiger charge is -2.22. The van der Waals surface area contributed by atoms with Gasteiger partial charge in [-0.15, -0.1) is 11.3 Å². The second-order valence-electron chi connectivity index (χ2n) is 6.94. The van der Waals surface area contributed by atoms with Gasteiger partial charge in [-0.2, -0.15) is 0 Å². The van der Waals surface area contributed by atoms with Crippen LogP contribution in [-0.4, -0.2) is 50.7 Å². The van der Waals surface area contributed by atoms with E-state index in [1.165, 1.54) is 14.2 Å². The number of nitrogens with two attached hydrogens (primary N) is 2. The van der Waals surface area contributed by atoms with E-state index in [2.05, 4.69) is 10.3 Å². The third-order valence-corrected chi connectivity index (χ3v) is 6.21. The molecule has 1 amide bonds. The number of methoxy groups -OCH3 is 2. The van der Waals surface area contributed by atoms with Gasteiger partial charge in [-0.1, -0.05) is 24.3 Å². The lowest BCUT2D eigenvalue weighted by Crippen LogP contribution is -2.28. The maximum absolute atomic E-state index is 13.3. The van der Waals surface area contributed by atoms with Crippen LogP contribution in [-0.2, 0) is 0 Å². The van der Waals surface area contributed by atoms with Gasteiger partial charge >= 0.3 is 0 Å². The Morgan fingerprint density at radius 2 is 1.62 bits per heavy atom. The van der Waals surface area contributed by atoms with E-state index in [1.807, 2.05) is 0 Å². The van der Waals surface area contributed by atoms with Crippen molar-refractivity contribution < 1.29 is 23.9 Å². The monoisotopic (exact) mass is 452 g/mol. The van der Waals surface area contributed by atoms with Gasteiger partial charge in [0.15, 0.2) is 17.5 Å². The van der Waals surface area contributed by atoms with Crippen molar-refractivity contribution in [1.29, 1.82) is 0 Å². The van der Waals surface area contributed by atoms with Crippen molar-refractivity contribution in [3.63, 3.8) is 0 Å². The molecule has 1 aliphatic rings. The number of ether oxygens (including phenoxy) is 2. The lowest BCUT2D eigenvalue weighted by molar-refractivity contribution is 0.0958. The van der Waals surface area contributed by atoms with Crippen molar-refractivity contribution in [2.75, 3.05) is 27.3 Å². The van der Waals surface area contributed by atoms with E-state index in [0.29, 0.717) is 26.1 Å². The Bertz CT molecular complexity index is 1230. The van der Waals surface area contributed by atoms with Gasteiger partial charge in [0.1, 0.15) is 11.5 Å². The number of fused-ring (bicyclic) bond motifs is 3. The minimum Gasteiger partial charge on any atom is -0.495 e. The van der Waals surface area contributed by atoms with Crippen LogP contribution in [0, 0.1) is 0 Å². The highest BCUT2D eigenvalue weighted by Crippen LogP contribution is 2.48. The maximum atomic E-state index is 13.3. The molecule has 4 rings (SSSR count). The number of hydrogen-bond donors (Lipinski definition) is 3. The predicted molar refractivity (Wildman–Crippen MR) is 121 cm³/mol.